The second-order valence-electron chi connectivity index (χ2n) is 13.6. The van der Waals surface area contributed by atoms with Gasteiger partial charge in [-0.15, -0.1) is 0 Å². The molecule has 262 valence electrons. The van der Waals surface area contributed by atoms with E-state index >= 15 is 0 Å². The van der Waals surface area contributed by atoms with Gasteiger partial charge in [0.15, 0.2) is 12.1 Å². The summed E-state index contributed by atoms with van der Waals surface area (Å²) in [5.41, 5.74) is -0.201. The van der Waals surface area contributed by atoms with Crippen LogP contribution in [0.25, 0.3) is 0 Å². The average Bonchev–Trinajstić information content (AvgIpc) is 3.08. The van der Waals surface area contributed by atoms with Crippen LogP contribution < -0.4 is 10.4 Å². The topological polar surface area (TPSA) is 97.4 Å². The molecule has 0 saturated carbocycles. The molecule has 3 aromatic carbocycles. The van der Waals surface area contributed by atoms with Gasteiger partial charge in [-0.2, -0.15) is 0 Å². The number of hydrogen-bond acceptors (Lipinski definition) is 8. The summed E-state index contributed by atoms with van der Waals surface area (Å²) in [6.45, 7) is 11.2. The first-order valence-corrected chi connectivity index (χ1v) is 20.2. The highest BCUT2D eigenvalue weighted by atomic mass is 31.2. The number of benzene rings is 3. The van der Waals surface area contributed by atoms with E-state index in [9.17, 15) is 14.2 Å². The summed E-state index contributed by atoms with van der Waals surface area (Å²) < 4.78 is 41.8. The molecule has 8 nitrogen and oxygen atoms in total. The molecule has 0 saturated heterocycles. The number of carbonyl (C=O) groups excluding carboxylic acids is 2. The fourth-order valence-electron chi connectivity index (χ4n) is 6.04. The lowest BCUT2D eigenvalue weighted by molar-refractivity contribution is -0.161. The Kier molecular flexibility index (Phi) is 15.1. The van der Waals surface area contributed by atoms with Crippen LogP contribution in [0.4, 0.5) is 0 Å². The Labute approximate surface area is 288 Å². The fraction of sp³-hybridized carbons (Fsp3) is 0.474. The van der Waals surface area contributed by atoms with Crippen LogP contribution in [0.3, 0.4) is 0 Å². The number of carbonyl (C=O) groups is 2. The van der Waals surface area contributed by atoms with Crippen LogP contribution in [0, 0.1) is 5.92 Å². The Morgan fingerprint density at radius 2 is 1.38 bits per heavy atom. The van der Waals surface area contributed by atoms with Crippen LogP contribution in [0.2, 0.25) is 5.04 Å². The molecule has 0 aliphatic carbocycles. The second kappa shape index (κ2) is 18.3. The summed E-state index contributed by atoms with van der Waals surface area (Å²) in [5, 5.41) is 2.34. The molecule has 3 aromatic rings. The van der Waals surface area contributed by atoms with Gasteiger partial charge in [0.25, 0.3) is 8.32 Å². The average molecular weight is 697 g/mol. The Morgan fingerprint density at radius 3 is 1.85 bits per heavy atom. The van der Waals surface area contributed by atoms with Gasteiger partial charge in [-0.3, -0.25) is 9.36 Å². The number of aldehydes is 1. The molecule has 0 heterocycles. The molecule has 0 amide bonds. The maximum atomic E-state index is 12.8. The van der Waals surface area contributed by atoms with Crippen molar-refractivity contribution in [1.29, 1.82) is 0 Å². The predicted molar refractivity (Wildman–Crippen MR) is 194 cm³/mol. The van der Waals surface area contributed by atoms with Crippen molar-refractivity contribution in [1.82, 2.24) is 0 Å². The van der Waals surface area contributed by atoms with Crippen molar-refractivity contribution < 1.29 is 37.1 Å². The van der Waals surface area contributed by atoms with Crippen molar-refractivity contribution in [2.24, 2.45) is 5.92 Å². The van der Waals surface area contributed by atoms with Gasteiger partial charge in [-0.25, -0.2) is 0 Å². The molecule has 0 aliphatic heterocycles. The summed E-state index contributed by atoms with van der Waals surface area (Å²) >= 11 is 0. The fourth-order valence-corrected chi connectivity index (χ4v) is 11.7. The van der Waals surface area contributed by atoms with Crippen LogP contribution in [0.5, 0.6) is 0 Å². The van der Waals surface area contributed by atoms with Gasteiger partial charge in [0.05, 0.1) is 12.2 Å². The van der Waals surface area contributed by atoms with Gasteiger partial charge in [-0.1, -0.05) is 125 Å². The van der Waals surface area contributed by atoms with Crippen molar-refractivity contribution in [2.45, 2.75) is 77.2 Å². The number of ether oxygens (including phenoxy) is 2. The number of hydrogen-bond donors (Lipinski definition) is 0. The van der Waals surface area contributed by atoms with E-state index in [0.29, 0.717) is 19.4 Å². The molecule has 0 bridgehead atoms. The summed E-state index contributed by atoms with van der Waals surface area (Å²) in [4.78, 5) is 25.2. The smallest absolute Gasteiger partial charge is 0.337 e. The first kappa shape index (κ1) is 39.7. The Balaban J connectivity index is 1.75. The van der Waals surface area contributed by atoms with E-state index in [-0.39, 0.29) is 24.2 Å². The Morgan fingerprint density at radius 1 is 0.854 bits per heavy atom. The monoisotopic (exact) mass is 696 g/mol. The Bertz CT molecular complexity index is 1400. The van der Waals surface area contributed by atoms with Crippen molar-refractivity contribution in [2.75, 3.05) is 33.6 Å². The lowest BCUT2D eigenvalue weighted by Gasteiger charge is -2.43. The zero-order valence-corrected chi connectivity index (χ0v) is 31.4. The standard InChI is InChI=1S/C38H53O8PSi/c1-31(27-46-48(37(2,3)4,34-21-13-9-14-22-34)35-23-15-10-16-24-35)18-17-25-38(5,45-29-33(40)30-47(41,42-6)43-7)36(26-39)44-28-32-19-11-8-12-20-32/h8-16,19-24,26,31,36H,17-18,25,27-30H2,1-7H3/t31?,36-,38+/m1/s1. The third-order valence-electron chi connectivity index (χ3n) is 8.86. The first-order valence-electron chi connectivity index (χ1n) is 16.5. The molecule has 48 heavy (non-hydrogen) atoms. The number of ketones is 1. The quantitative estimate of drug-likeness (QED) is 0.0669. The van der Waals surface area contributed by atoms with E-state index in [1.54, 1.807) is 6.92 Å². The van der Waals surface area contributed by atoms with Crippen LogP contribution in [-0.2, 0) is 43.7 Å². The summed E-state index contributed by atoms with van der Waals surface area (Å²) in [6, 6.07) is 30.7. The van der Waals surface area contributed by atoms with Gasteiger partial charge in [0, 0.05) is 20.8 Å². The SMILES string of the molecule is COP(=O)(CC(=O)CO[C@@](C)(CCCC(C)CO[Si](c1ccccc1)(c1ccccc1)C(C)(C)C)[C@@H](C=O)OCc1ccccc1)OC. The molecule has 0 radical (unpaired) electrons. The third-order valence-corrected chi connectivity index (χ3v) is 15.7. The summed E-state index contributed by atoms with van der Waals surface area (Å²) in [6.07, 6.45) is 1.32. The third kappa shape index (κ3) is 10.6. The van der Waals surface area contributed by atoms with Gasteiger partial charge in [0.1, 0.15) is 18.9 Å². The molecule has 0 aliphatic rings. The normalized spacial score (nSPS) is 15.0. The predicted octanol–water partition coefficient (Wildman–Crippen LogP) is 6.98. The van der Waals surface area contributed by atoms with E-state index < -0.39 is 39.6 Å². The zero-order valence-electron chi connectivity index (χ0n) is 29.6. The molecule has 0 aromatic heterocycles. The molecule has 10 heteroatoms. The van der Waals surface area contributed by atoms with E-state index in [0.717, 1.165) is 18.3 Å². The van der Waals surface area contributed by atoms with Crippen LogP contribution in [0.1, 0.15) is 59.4 Å². The molecular formula is C38H53O8PSi. The van der Waals surface area contributed by atoms with Crippen LogP contribution in [0.15, 0.2) is 91.0 Å². The highest BCUT2D eigenvalue weighted by Gasteiger charge is 2.50. The summed E-state index contributed by atoms with van der Waals surface area (Å²) in [5.74, 6) is -0.250. The van der Waals surface area contributed by atoms with E-state index in [1.165, 1.54) is 24.6 Å². The molecule has 0 fully saturated rings. The summed E-state index contributed by atoms with van der Waals surface area (Å²) in [7, 11) is -3.76. The maximum Gasteiger partial charge on any atom is 0.337 e. The van der Waals surface area contributed by atoms with Crippen molar-refractivity contribution >= 4 is 38.4 Å². The zero-order chi connectivity index (χ0) is 35.3. The van der Waals surface area contributed by atoms with Crippen molar-refractivity contribution in [3.63, 3.8) is 0 Å². The van der Waals surface area contributed by atoms with Gasteiger partial charge in [0.2, 0.25) is 0 Å². The Hall–Kier alpha value is -2.75. The number of Topliss-reactive ketones (excluding diaryl/α,β-unsaturated/α-hetero) is 1. The molecular weight excluding hydrogens is 643 g/mol. The lowest BCUT2D eigenvalue weighted by Crippen LogP contribution is -2.66. The molecule has 1 unspecified atom stereocenters. The number of rotatable bonds is 21. The van der Waals surface area contributed by atoms with Crippen LogP contribution in [-0.4, -0.2) is 65.7 Å². The maximum absolute atomic E-state index is 12.8. The largest absolute Gasteiger partial charge is 0.407 e. The molecule has 0 spiro atoms. The minimum Gasteiger partial charge on any atom is -0.407 e. The van der Waals surface area contributed by atoms with Crippen molar-refractivity contribution in [3.8, 4) is 0 Å². The van der Waals surface area contributed by atoms with Gasteiger partial charge in [-0.05, 0) is 46.7 Å². The first-order chi connectivity index (χ1) is 22.8. The molecule has 3 rings (SSSR count). The van der Waals surface area contributed by atoms with Gasteiger partial charge < -0.3 is 27.7 Å². The molecule has 3 atom stereocenters. The molecule has 0 N–H and O–H groups in total. The van der Waals surface area contributed by atoms with Gasteiger partial charge >= 0.3 is 7.60 Å². The minimum atomic E-state index is -3.56. The van der Waals surface area contributed by atoms with E-state index in [1.807, 2.05) is 42.5 Å². The van der Waals surface area contributed by atoms with Crippen LogP contribution >= 0.6 is 7.60 Å². The lowest BCUT2D eigenvalue weighted by atomic mass is 9.90. The van der Waals surface area contributed by atoms with E-state index in [2.05, 4.69) is 76.2 Å². The van der Waals surface area contributed by atoms with Crippen molar-refractivity contribution in [3.05, 3.63) is 96.6 Å². The highest BCUT2D eigenvalue weighted by molar-refractivity contribution is 7.54. The minimum absolute atomic E-state index is 0.128. The van der Waals surface area contributed by atoms with E-state index in [4.69, 9.17) is 22.9 Å². The highest BCUT2D eigenvalue weighted by Crippen LogP contribution is 2.46. The second-order valence-corrected chi connectivity index (χ2v) is 20.2.